The standard InChI is InChI=1S/C18H20F3NO3S2/c1-22-27(24,25)17-12-11-16(26-17)15(23)6-4-2-3-5-13-7-9-14(10-8-13)18(19,20)21/h7-12,22H,2-6H2,1H3. The quantitative estimate of drug-likeness (QED) is 0.475. The van der Waals surface area contributed by atoms with Crippen molar-refractivity contribution >= 4 is 27.1 Å². The number of Topliss-reactive ketones (excluding diaryl/α,β-unsaturated/α-hetero) is 1. The Morgan fingerprint density at radius 2 is 1.70 bits per heavy atom. The molecule has 1 N–H and O–H groups in total. The minimum atomic E-state index is -4.33. The van der Waals surface area contributed by atoms with Crippen LogP contribution in [-0.4, -0.2) is 21.2 Å². The number of halogens is 3. The number of thiophene rings is 1. The third kappa shape index (κ3) is 6.15. The Bertz CT molecular complexity index is 872. The molecule has 1 aromatic heterocycles. The summed E-state index contributed by atoms with van der Waals surface area (Å²) in [6.45, 7) is 0. The highest BCUT2D eigenvalue weighted by Gasteiger charge is 2.29. The van der Waals surface area contributed by atoms with E-state index in [1.807, 2.05) is 0 Å². The number of unbranched alkanes of at least 4 members (excludes halogenated alkanes) is 2. The summed E-state index contributed by atoms with van der Waals surface area (Å²) in [5.41, 5.74) is 0.168. The zero-order valence-corrected chi connectivity index (χ0v) is 16.3. The molecule has 1 aromatic carbocycles. The summed E-state index contributed by atoms with van der Waals surface area (Å²) >= 11 is 0.945. The lowest BCUT2D eigenvalue weighted by molar-refractivity contribution is -0.137. The fourth-order valence-electron chi connectivity index (χ4n) is 2.49. The molecule has 0 radical (unpaired) electrons. The van der Waals surface area contributed by atoms with Gasteiger partial charge in [0.05, 0.1) is 10.4 Å². The maximum Gasteiger partial charge on any atom is 0.416 e. The molecule has 0 fully saturated rings. The van der Waals surface area contributed by atoms with Crippen molar-refractivity contribution in [3.05, 3.63) is 52.4 Å². The smallest absolute Gasteiger partial charge is 0.293 e. The van der Waals surface area contributed by atoms with Gasteiger partial charge in [-0.05, 0) is 56.1 Å². The van der Waals surface area contributed by atoms with E-state index in [4.69, 9.17) is 0 Å². The maximum absolute atomic E-state index is 12.5. The average Bonchev–Trinajstić information content (AvgIpc) is 3.12. The van der Waals surface area contributed by atoms with Crippen LogP contribution < -0.4 is 4.72 Å². The first-order valence-electron chi connectivity index (χ1n) is 8.36. The molecule has 0 aliphatic heterocycles. The molecule has 4 nitrogen and oxygen atoms in total. The molecule has 2 rings (SSSR count). The molecular weight excluding hydrogens is 399 g/mol. The Morgan fingerprint density at radius 3 is 2.30 bits per heavy atom. The van der Waals surface area contributed by atoms with Crippen molar-refractivity contribution < 1.29 is 26.4 Å². The van der Waals surface area contributed by atoms with Crippen LogP contribution in [0.25, 0.3) is 0 Å². The van der Waals surface area contributed by atoms with Crippen molar-refractivity contribution in [2.75, 3.05) is 7.05 Å². The third-order valence-corrected chi connectivity index (χ3v) is 7.07. The van der Waals surface area contributed by atoms with E-state index >= 15 is 0 Å². The second-order valence-electron chi connectivity index (χ2n) is 6.00. The predicted molar refractivity (Wildman–Crippen MR) is 98.5 cm³/mol. The van der Waals surface area contributed by atoms with Crippen molar-refractivity contribution in [3.63, 3.8) is 0 Å². The van der Waals surface area contributed by atoms with Crippen LogP contribution in [0.2, 0.25) is 0 Å². The van der Waals surface area contributed by atoms with Crippen LogP contribution in [0.15, 0.2) is 40.6 Å². The largest absolute Gasteiger partial charge is 0.416 e. The van der Waals surface area contributed by atoms with Gasteiger partial charge in [-0.1, -0.05) is 18.6 Å². The monoisotopic (exact) mass is 419 g/mol. The Hall–Kier alpha value is -1.71. The van der Waals surface area contributed by atoms with E-state index in [1.54, 1.807) is 0 Å². The molecule has 1 heterocycles. The number of benzene rings is 1. The van der Waals surface area contributed by atoms with Crippen LogP contribution in [0.5, 0.6) is 0 Å². The third-order valence-electron chi connectivity index (χ3n) is 4.04. The van der Waals surface area contributed by atoms with Gasteiger partial charge in [-0.2, -0.15) is 13.2 Å². The van der Waals surface area contributed by atoms with Gasteiger partial charge in [-0.15, -0.1) is 11.3 Å². The Kier molecular flexibility index (Phi) is 7.19. The molecule has 9 heteroatoms. The summed E-state index contributed by atoms with van der Waals surface area (Å²) in [7, 11) is -2.22. The Labute approximate surface area is 160 Å². The Morgan fingerprint density at radius 1 is 1.04 bits per heavy atom. The molecule has 2 aromatic rings. The lowest BCUT2D eigenvalue weighted by Gasteiger charge is -2.07. The van der Waals surface area contributed by atoms with E-state index in [-0.39, 0.29) is 9.99 Å². The highest BCUT2D eigenvalue weighted by molar-refractivity contribution is 7.91. The van der Waals surface area contributed by atoms with Gasteiger partial charge in [0, 0.05) is 6.42 Å². The number of hydrogen-bond donors (Lipinski definition) is 1. The number of ketones is 1. The van der Waals surface area contributed by atoms with E-state index in [0.29, 0.717) is 24.1 Å². The number of alkyl halides is 3. The number of nitrogens with one attached hydrogen (secondary N) is 1. The number of carbonyl (C=O) groups excluding carboxylic acids is 1. The molecule has 0 spiro atoms. The first-order valence-corrected chi connectivity index (χ1v) is 10.7. The molecule has 0 aliphatic carbocycles. The predicted octanol–water partition coefficient (Wildman–Crippen LogP) is 4.66. The van der Waals surface area contributed by atoms with Gasteiger partial charge in [0.2, 0.25) is 10.0 Å². The summed E-state index contributed by atoms with van der Waals surface area (Å²) in [4.78, 5) is 12.5. The summed E-state index contributed by atoms with van der Waals surface area (Å²) < 4.78 is 63.2. The van der Waals surface area contributed by atoms with Crippen LogP contribution in [0.1, 0.15) is 46.5 Å². The van der Waals surface area contributed by atoms with Crippen LogP contribution in [0.3, 0.4) is 0 Å². The molecule has 0 atom stereocenters. The van der Waals surface area contributed by atoms with Gasteiger partial charge >= 0.3 is 6.18 Å². The fraction of sp³-hybridized carbons (Fsp3) is 0.389. The number of aryl methyl sites for hydroxylation is 1. The van der Waals surface area contributed by atoms with E-state index in [2.05, 4.69) is 4.72 Å². The van der Waals surface area contributed by atoms with Crippen molar-refractivity contribution in [2.45, 2.75) is 42.5 Å². The molecule has 27 heavy (non-hydrogen) atoms. The van der Waals surface area contributed by atoms with Crippen LogP contribution in [-0.2, 0) is 22.6 Å². The lowest BCUT2D eigenvalue weighted by Crippen LogP contribution is -2.17. The molecule has 0 amide bonds. The van der Waals surface area contributed by atoms with E-state index < -0.39 is 21.8 Å². The molecule has 0 unspecified atom stereocenters. The number of carbonyl (C=O) groups is 1. The Balaban J connectivity index is 1.75. The van der Waals surface area contributed by atoms with E-state index in [1.165, 1.54) is 31.3 Å². The van der Waals surface area contributed by atoms with Crippen LogP contribution >= 0.6 is 11.3 Å². The normalized spacial score (nSPS) is 12.3. The highest BCUT2D eigenvalue weighted by Crippen LogP contribution is 2.29. The minimum Gasteiger partial charge on any atom is -0.293 e. The highest BCUT2D eigenvalue weighted by atomic mass is 32.2. The maximum atomic E-state index is 12.5. The zero-order chi connectivity index (χ0) is 20.1. The van der Waals surface area contributed by atoms with E-state index in [9.17, 15) is 26.4 Å². The summed E-state index contributed by atoms with van der Waals surface area (Å²) in [5.74, 6) is -0.105. The minimum absolute atomic E-state index is 0.105. The second kappa shape index (κ2) is 8.99. The second-order valence-corrected chi connectivity index (χ2v) is 9.20. The van der Waals surface area contributed by atoms with Crippen molar-refractivity contribution in [1.29, 1.82) is 0 Å². The summed E-state index contributed by atoms with van der Waals surface area (Å²) in [6, 6.07) is 8.03. The number of rotatable bonds is 9. The van der Waals surface area contributed by atoms with Gasteiger partial charge < -0.3 is 0 Å². The zero-order valence-electron chi connectivity index (χ0n) is 14.7. The van der Waals surface area contributed by atoms with Crippen molar-refractivity contribution in [1.82, 2.24) is 4.72 Å². The first-order chi connectivity index (χ1) is 12.6. The van der Waals surface area contributed by atoms with E-state index in [0.717, 1.165) is 41.9 Å². The van der Waals surface area contributed by atoms with Gasteiger partial charge in [-0.25, -0.2) is 13.1 Å². The molecule has 0 saturated carbocycles. The van der Waals surface area contributed by atoms with Crippen LogP contribution in [0, 0.1) is 0 Å². The number of hydrogen-bond acceptors (Lipinski definition) is 4. The van der Waals surface area contributed by atoms with Gasteiger partial charge in [0.25, 0.3) is 0 Å². The molecule has 0 saturated heterocycles. The SMILES string of the molecule is CNS(=O)(=O)c1ccc(C(=O)CCCCCc2ccc(C(F)(F)F)cc2)s1. The summed E-state index contributed by atoms with van der Waals surface area (Å²) in [5, 5.41) is 0. The molecule has 0 bridgehead atoms. The van der Waals surface area contributed by atoms with Crippen molar-refractivity contribution in [2.24, 2.45) is 0 Å². The lowest BCUT2D eigenvalue weighted by atomic mass is 10.0. The average molecular weight is 419 g/mol. The molecular formula is C18H20F3NO3S2. The van der Waals surface area contributed by atoms with Gasteiger partial charge in [0.1, 0.15) is 4.21 Å². The summed E-state index contributed by atoms with van der Waals surface area (Å²) in [6.07, 6.45) is -1.19. The van der Waals surface area contributed by atoms with Gasteiger partial charge in [0.15, 0.2) is 5.78 Å². The topological polar surface area (TPSA) is 63.2 Å². The fourth-order valence-corrected chi connectivity index (χ4v) is 4.60. The number of sulfonamides is 1. The van der Waals surface area contributed by atoms with Crippen molar-refractivity contribution in [3.8, 4) is 0 Å². The molecule has 0 aliphatic rings. The van der Waals surface area contributed by atoms with Crippen LogP contribution in [0.4, 0.5) is 13.2 Å². The first kappa shape index (κ1) is 21.6. The van der Waals surface area contributed by atoms with Gasteiger partial charge in [-0.3, -0.25) is 4.79 Å². The molecule has 148 valence electrons.